The third kappa shape index (κ3) is 1.25. The van der Waals surface area contributed by atoms with Crippen LogP contribution < -0.4 is 5.56 Å². The maximum absolute atomic E-state index is 11.4. The second-order valence-corrected chi connectivity index (χ2v) is 3.29. The van der Waals surface area contributed by atoms with E-state index in [1.807, 2.05) is 13.0 Å². The standard InChI is InChI=1S/C11H8N2O2/c1-6-3-2-4-8-9(6)10(14)7(5-12)11(15)13-8/h2-4H,1H3,(H2,13,14,15). The van der Waals surface area contributed by atoms with Crippen molar-refractivity contribution in [2.24, 2.45) is 0 Å². The molecular formula is C11H8N2O2. The van der Waals surface area contributed by atoms with Crippen LogP contribution in [-0.2, 0) is 0 Å². The molecule has 0 radical (unpaired) electrons. The molecule has 0 spiro atoms. The van der Waals surface area contributed by atoms with E-state index in [9.17, 15) is 9.90 Å². The van der Waals surface area contributed by atoms with Gasteiger partial charge in [0.2, 0.25) is 0 Å². The molecule has 0 saturated heterocycles. The maximum Gasteiger partial charge on any atom is 0.270 e. The number of benzene rings is 1. The van der Waals surface area contributed by atoms with Crippen LogP contribution in [0.25, 0.3) is 10.9 Å². The minimum absolute atomic E-state index is 0.239. The predicted molar refractivity (Wildman–Crippen MR) is 55.7 cm³/mol. The SMILES string of the molecule is Cc1cccc2[nH]c(=O)c(C#N)c(O)c12. The summed E-state index contributed by atoms with van der Waals surface area (Å²) < 4.78 is 0. The quantitative estimate of drug-likeness (QED) is 0.675. The van der Waals surface area contributed by atoms with E-state index in [0.29, 0.717) is 10.9 Å². The predicted octanol–water partition coefficient (Wildman–Crippen LogP) is 1.41. The third-order valence-electron chi connectivity index (χ3n) is 2.33. The van der Waals surface area contributed by atoms with E-state index in [1.165, 1.54) is 0 Å². The average Bonchev–Trinajstić information content (AvgIpc) is 2.17. The summed E-state index contributed by atoms with van der Waals surface area (Å²) in [6.45, 7) is 1.81. The molecule has 0 saturated carbocycles. The van der Waals surface area contributed by atoms with Gasteiger partial charge >= 0.3 is 0 Å². The molecule has 4 heteroatoms. The van der Waals surface area contributed by atoms with E-state index >= 15 is 0 Å². The molecule has 2 rings (SSSR count). The number of rotatable bonds is 0. The van der Waals surface area contributed by atoms with Crippen LogP contribution in [0.2, 0.25) is 0 Å². The number of aromatic hydroxyl groups is 1. The highest BCUT2D eigenvalue weighted by Gasteiger charge is 2.12. The van der Waals surface area contributed by atoms with E-state index in [1.54, 1.807) is 18.2 Å². The molecule has 4 nitrogen and oxygen atoms in total. The topological polar surface area (TPSA) is 76.9 Å². The first-order chi connectivity index (χ1) is 7.15. The Balaban J connectivity index is 3.08. The van der Waals surface area contributed by atoms with Gasteiger partial charge in [-0.05, 0) is 18.6 Å². The van der Waals surface area contributed by atoms with Crippen LogP contribution in [-0.4, -0.2) is 10.1 Å². The zero-order valence-corrected chi connectivity index (χ0v) is 8.03. The van der Waals surface area contributed by atoms with Gasteiger partial charge in [-0.25, -0.2) is 0 Å². The van der Waals surface area contributed by atoms with Crippen molar-refractivity contribution in [1.82, 2.24) is 4.98 Å². The molecular weight excluding hydrogens is 192 g/mol. The Kier molecular flexibility index (Phi) is 1.94. The lowest BCUT2D eigenvalue weighted by Crippen LogP contribution is -2.10. The Morgan fingerprint density at radius 2 is 2.20 bits per heavy atom. The second kappa shape index (κ2) is 3.14. The smallest absolute Gasteiger partial charge is 0.270 e. The van der Waals surface area contributed by atoms with Crippen LogP contribution in [0.3, 0.4) is 0 Å². The van der Waals surface area contributed by atoms with Gasteiger partial charge in [-0.3, -0.25) is 4.79 Å². The van der Waals surface area contributed by atoms with Crippen LogP contribution >= 0.6 is 0 Å². The summed E-state index contributed by atoms with van der Waals surface area (Å²) in [6, 6.07) is 6.96. The summed E-state index contributed by atoms with van der Waals surface area (Å²) in [5.74, 6) is -0.241. The second-order valence-electron chi connectivity index (χ2n) is 3.29. The first-order valence-corrected chi connectivity index (χ1v) is 4.40. The molecule has 1 aromatic carbocycles. The molecule has 0 bridgehead atoms. The van der Waals surface area contributed by atoms with Crippen molar-refractivity contribution in [1.29, 1.82) is 5.26 Å². The number of nitrogens with one attached hydrogen (secondary N) is 1. The van der Waals surface area contributed by atoms with Gasteiger partial charge in [0, 0.05) is 5.39 Å². The zero-order valence-electron chi connectivity index (χ0n) is 8.03. The van der Waals surface area contributed by atoms with Crippen LogP contribution in [0.4, 0.5) is 0 Å². The summed E-state index contributed by atoms with van der Waals surface area (Å²) in [7, 11) is 0. The van der Waals surface area contributed by atoms with Gasteiger partial charge in [-0.1, -0.05) is 12.1 Å². The van der Waals surface area contributed by atoms with E-state index in [-0.39, 0.29) is 11.3 Å². The van der Waals surface area contributed by atoms with E-state index in [2.05, 4.69) is 4.98 Å². The highest BCUT2D eigenvalue weighted by atomic mass is 16.3. The molecule has 0 unspecified atom stereocenters. The molecule has 15 heavy (non-hydrogen) atoms. The Morgan fingerprint density at radius 1 is 1.47 bits per heavy atom. The molecule has 0 aliphatic carbocycles. The molecule has 0 fully saturated rings. The average molecular weight is 200 g/mol. The van der Waals surface area contributed by atoms with Crippen LogP contribution in [0.1, 0.15) is 11.1 Å². The molecule has 1 heterocycles. The van der Waals surface area contributed by atoms with Crippen LogP contribution in [0.15, 0.2) is 23.0 Å². The van der Waals surface area contributed by atoms with E-state index < -0.39 is 5.56 Å². The van der Waals surface area contributed by atoms with Crippen LogP contribution in [0, 0.1) is 18.3 Å². The van der Waals surface area contributed by atoms with Gasteiger partial charge in [-0.15, -0.1) is 0 Å². The number of hydrogen-bond acceptors (Lipinski definition) is 3. The number of nitrogens with zero attached hydrogens (tertiary/aromatic N) is 1. The summed E-state index contributed by atoms with van der Waals surface area (Å²) in [5.41, 5.74) is 0.555. The van der Waals surface area contributed by atoms with Gasteiger partial charge in [0.15, 0.2) is 5.56 Å². The van der Waals surface area contributed by atoms with Gasteiger partial charge in [0.25, 0.3) is 5.56 Å². The van der Waals surface area contributed by atoms with Crippen LogP contribution in [0.5, 0.6) is 5.75 Å². The fourth-order valence-corrected chi connectivity index (χ4v) is 1.61. The normalized spacial score (nSPS) is 10.1. The highest BCUT2D eigenvalue weighted by Crippen LogP contribution is 2.26. The molecule has 2 aromatic rings. The zero-order chi connectivity index (χ0) is 11.0. The van der Waals surface area contributed by atoms with Crippen molar-refractivity contribution >= 4 is 10.9 Å². The number of fused-ring (bicyclic) bond motifs is 1. The van der Waals surface area contributed by atoms with Gasteiger partial charge in [-0.2, -0.15) is 5.26 Å². The molecule has 2 N–H and O–H groups in total. The number of H-pyrrole nitrogens is 1. The van der Waals surface area contributed by atoms with Gasteiger partial charge in [0.1, 0.15) is 11.8 Å². The number of aromatic amines is 1. The van der Waals surface area contributed by atoms with Crippen molar-refractivity contribution < 1.29 is 5.11 Å². The summed E-state index contributed by atoms with van der Waals surface area (Å²) in [6.07, 6.45) is 0. The Labute approximate surface area is 85.4 Å². The fourth-order valence-electron chi connectivity index (χ4n) is 1.61. The van der Waals surface area contributed by atoms with Crippen molar-refractivity contribution in [2.45, 2.75) is 6.92 Å². The lowest BCUT2D eigenvalue weighted by atomic mass is 10.1. The van der Waals surface area contributed by atoms with Crippen molar-refractivity contribution in [3.63, 3.8) is 0 Å². The number of nitriles is 1. The summed E-state index contributed by atoms with van der Waals surface area (Å²) >= 11 is 0. The van der Waals surface area contributed by atoms with Crippen molar-refractivity contribution in [3.05, 3.63) is 39.7 Å². The number of aryl methyl sites for hydroxylation is 1. The Hall–Kier alpha value is -2.28. The van der Waals surface area contributed by atoms with Crippen molar-refractivity contribution in [2.75, 3.05) is 0 Å². The largest absolute Gasteiger partial charge is 0.506 e. The lowest BCUT2D eigenvalue weighted by molar-refractivity contribution is 0.478. The Bertz CT molecular complexity index is 635. The van der Waals surface area contributed by atoms with E-state index in [4.69, 9.17) is 5.26 Å². The third-order valence-corrected chi connectivity index (χ3v) is 2.33. The molecule has 1 aromatic heterocycles. The molecule has 0 aliphatic rings. The number of pyridine rings is 1. The molecule has 0 aliphatic heterocycles. The van der Waals surface area contributed by atoms with Gasteiger partial charge in [0.05, 0.1) is 5.52 Å². The number of hydrogen-bond donors (Lipinski definition) is 2. The molecule has 0 atom stereocenters. The Morgan fingerprint density at radius 3 is 2.87 bits per heavy atom. The summed E-state index contributed by atoms with van der Waals surface area (Å²) in [4.78, 5) is 13.9. The minimum atomic E-state index is -0.562. The minimum Gasteiger partial charge on any atom is -0.506 e. The number of aromatic nitrogens is 1. The fraction of sp³-hybridized carbons (Fsp3) is 0.0909. The monoisotopic (exact) mass is 200 g/mol. The summed E-state index contributed by atoms with van der Waals surface area (Å²) in [5, 5.41) is 19.0. The lowest BCUT2D eigenvalue weighted by Gasteiger charge is -2.04. The van der Waals surface area contributed by atoms with E-state index in [0.717, 1.165) is 5.56 Å². The molecule has 0 amide bonds. The highest BCUT2D eigenvalue weighted by molar-refractivity contribution is 5.89. The first-order valence-electron chi connectivity index (χ1n) is 4.40. The van der Waals surface area contributed by atoms with Gasteiger partial charge < -0.3 is 10.1 Å². The maximum atomic E-state index is 11.4. The van der Waals surface area contributed by atoms with Crippen molar-refractivity contribution in [3.8, 4) is 11.8 Å². The first kappa shape index (κ1) is 9.28. The molecule has 74 valence electrons.